The van der Waals surface area contributed by atoms with Gasteiger partial charge in [-0.1, -0.05) is 0 Å². The highest BCUT2D eigenvalue weighted by Crippen LogP contribution is 2.34. The van der Waals surface area contributed by atoms with Crippen LogP contribution in [0.15, 0.2) is 53.6 Å². The molecule has 148 valence electrons. The van der Waals surface area contributed by atoms with Gasteiger partial charge in [-0.2, -0.15) is 0 Å². The number of rotatable bonds is 4. The summed E-state index contributed by atoms with van der Waals surface area (Å²) >= 11 is 0. The normalized spacial score (nSPS) is 15.5. The summed E-state index contributed by atoms with van der Waals surface area (Å²) in [6.07, 6.45) is -1.87. The van der Waals surface area contributed by atoms with E-state index >= 15 is 0 Å². The maximum absolute atomic E-state index is 13.6. The lowest BCUT2D eigenvalue weighted by molar-refractivity contribution is 0.153. The zero-order valence-electron chi connectivity index (χ0n) is 14.8. The average molecular weight is 409 g/mol. The van der Waals surface area contributed by atoms with Gasteiger partial charge in [0.2, 0.25) is 0 Å². The molecule has 2 heterocycles. The molecule has 0 amide bonds. The third-order valence-electron chi connectivity index (χ3n) is 4.87. The fourth-order valence-electron chi connectivity index (χ4n) is 3.43. The van der Waals surface area contributed by atoms with Gasteiger partial charge in [0.1, 0.15) is 5.82 Å². The van der Waals surface area contributed by atoms with Gasteiger partial charge in [-0.15, -0.1) is 0 Å². The fraction of sp³-hybridized carbons (Fsp3) is 0.263. The van der Waals surface area contributed by atoms with Crippen LogP contribution in [0.5, 0.6) is 0 Å². The molecule has 1 aliphatic heterocycles. The van der Waals surface area contributed by atoms with Crippen LogP contribution >= 0.6 is 0 Å². The lowest BCUT2D eigenvalue weighted by atomic mass is 10.1. The Balaban J connectivity index is 1.86. The number of fused-ring (bicyclic) bond motifs is 1. The number of nitrogens with zero attached hydrogens (tertiary/aromatic N) is 2. The Bertz CT molecular complexity index is 1110. The summed E-state index contributed by atoms with van der Waals surface area (Å²) in [4.78, 5) is 1.90. The van der Waals surface area contributed by atoms with Gasteiger partial charge in [0.15, 0.2) is 0 Å². The highest BCUT2D eigenvalue weighted by molar-refractivity contribution is 7.90. The molecule has 9 heteroatoms. The molecule has 1 N–H and O–H groups in total. The minimum absolute atomic E-state index is 0.165. The molecule has 1 saturated heterocycles. The van der Waals surface area contributed by atoms with E-state index in [2.05, 4.69) is 10.2 Å². The van der Waals surface area contributed by atoms with Crippen LogP contribution in [0.2, 0.25) is 0 Å². The molecule has 0 atom stereocenters. The Labute approximate surface area is 160 Å². The van der Waals surface area contributed by atoms with E-state index in [0.29, 0.717) is 0 Å². The van der Waals surface area contributed by atoms with Gasteiger partial charge in [-0.3, -0.25) is 0 Å². The molecule has 0 aliphatic carbocycles. The van der Waals surface area contributed by atoms with Gasteiger partial charge < -0.3 is 10.2 Å². The molecule has 2 aromatic carbocycles. The Hall–Kier alpha value is -2.52. The summed E-state index contributed by atoms with van der Waals surface area (Å²) in [6.45, 7) is 3.06. The molecule has 1 aliphatic rings. The number of piperazine rings is 1. The zero-order chi connectivity index (χ0) is 19.9. The number of halogens is 3. The van der Waals surface area contributed by atoms with Crippen molar-refractivity contribution in [3.8, 4) is 0 Å². The van der Waals surface area contributed by atoms with Crippen LogP contribution in [-0.4, -0.2) is 38.6 Å². The summed E-state index contributed by atoms with van der Waals surface area (Å²) in [7, 11) is -4.14. The quantitative estimate of drug-likeness (QED) is 0.718. The number of nitrogens with one attached hydrogen (secondary N) is 1. The number of aromatic nitrogens is 1. The second-order valence-electron chi connectivity index (χ2n) is 6.58. The standard InChI is InChI=1S/C19H18F3N3O2S/c20-13-1-4-15(5-2-13)28(26,27)25-12-17(19(21)22)16-11-14(3-6-18(16)25)24-9-7-23-8-10-24/h1-6,11-12,19,23H,7-10H2. The maximum Gasteiger partial charge on any atom is 0.268 e. The molecule has 0 radical (unpaired) electrons. The van der Waals surface area contributed by atoms with E-state index in [-0.39, 0.29) is 21.4 Å². The second kappa shape index (κ2) is 7.14. The third kappa shape index (κ3) is 3.24. The Morgan fingerprint density at radius 1 is 1.00 bits per heavy atom. The molecule has 4 rings (SSSR count). The van der Waals surface area contributed by atoms with Gasteiger partial charge in [0.05, 0.1) is 10.4 Å². The number of benzene rings is 2. The van der Waals surface area contributed by atoms with E-state index < -0.39 is 22.3 Å². The van der Waals surface area contributed by atoms with Crippen LogP contribution in [0, 0.1) is 5.82 Å². The second-order valence-corrected chi connectivity index (χ2v) is 8.39. The van der Waals surface area contributed by atoms with Gasteiger partial charge >= 0.3 is 0 Å². The van der Waals surface area contributed by atoms with Crippen molar-refractivity contribution in [1.29, 1.82) is 0 Å². The van der Waals surface area contributed by atoms with E-state index in [4.69, 9.17) is 0 Å². The fourth-order valence-corrected chi connectivity index (χ4v) is 4.80. The Morgan fingerprint density at radius 2 is 1.68 bits per heavy atom. The van der Waals surface area contributed by atoms with Crippen molar-refractivity contribution in [3.63, 3.8) is 0 Å². The van der Waals surface area contributed by atoms with Crippen LogP contribution in [0.25, 0.3) is 10.9 Å². The summed E-state index contributed by atoms with van der Waals surface area (Å²) in [5.74, 6) is -0.578. The summed E-state index contributed by atoms with van der Waals surface area (Å²) in [5, 5.41) is 3.42. The molecule has 1 aromatic heterocycles. The molecule has 5 nitrogen and oxygen atoms in total. The molecule has 3 aromatic rings. The van der Waals surface area contributed by atoms with Crippen LogP contribution < -0.4 is 10.2 Å². The molecular weight excluding hydrogens is 391 g/mol. The highest BCUT2D eigenvalue weighted by atomic mass is 32.2. The van der Waals surface area contributed by atoms with Gasteiger partial charge in [-0.25, -0.2) is 25.6 Å². The van der Waals surface area contributed by atoms with Crippen LogP contribution in [0.3, 0.4) is 0 Å². The van der Waals surface area contributed by atoms with E-state index in [0.717, 1.165) is 66.3 Å². The van der Waals surface area contributed by atoms with Crippen molar-refractivity contribution in [2.24, 2.45) is 0 Å². The Morgan fingerprint density at radius 3 is 2.32 bits per heavy atom. The average Bonchev–Trinajstić information content (AvgIpc) is 3.09. The first-order valence-electron chi connectivity index (χ1n) is 8.78. The summed E-state index contributed by atoms with van der Waals surface area (Å²) < 4.78 is 67.2. The van der Waals surface area contributed by atoms with Crippen molar-refractivity contribution in [2.75, 3.05) is 31.1 Å². The predicted octanol–water partition coefficient (Wildman–Crippen LogP) is 3.36. The summed E-state index contributed by atoms with van der Waals surface area (Å²) in [5.41, 5.74) is 0.587. The minimum Gasteiger partial charge on any atom is -0.369 e. The molecule has 28 heavy (non-hydrogen) atoms. The van der Waals surface area contributed by atoms with Crippen molar-refractivity contribution >= 4 is 26.6 Å². The maximum atomic E-state index is 13.6. The van der Waals surface area contributed by atoms with Crippen LogP contribution in [0.1, 0.15) is 12.0 Å². The van der Waals surface area contributed by atoms with E-state index in [1.54, 1.807) is 18.2 Å². The van der Waals surface area contributed by atoms with Crippen molar-refractivity contribution in [2.45, 2.75) is 11.3 Å². The molecule has 1 fully saturated rings. The number of hydrogen-bond donors (Lipinski definition) is 1. The van der Waals surface area contributed by atoms with E-state index in [1.165, 1.54) is 0 Å². The third-order valence-corrected chi connectivity index (χ3v) is 6.56. The first kappa shape index (κ1) is 18.8. The van der Waals surface area contributed by atoms with Crippen molar-refractivity contribution in [3.05, 3.63) is 60.0 Å². The molecule has 0 saturated carbocycles. The molecular formula is C19H18F3N3O2S. The van der Waals surface area contributed by atoms with Crippen molar-refractivity contribution in [1.82, 2.24) is 9.29 Å². The van der Waals surface area contributed by atoms with Crippen LogP contribution in [-0.2, 0) is 10.0 Å². The van der Waals surface area contributed by atoms with Gasteiger partial charge in [0.25, 0.3) is 16.4 Å². The molecule has 0 unspecified atom stereocenters. The zero-order valence-corrected chi connectivity index (χ0v) is 15.6. The molecule has 0 bridgehead atoms. The SMILES string of the molecule is O=S(=O)(c1ccc(F)cc1)n1cc(C(F)F)c2cc(N3CCNCC3)ccc21. The first-order chi connectivity index (χ1) is 13.4. The smallest absolute Gasteiger partial charge is 0.268 e. The van der Waals surface area contributed by atoms with E-state index in [9.17, 15) is 21.6 Å². The largest absolute Gasteiger partial charge is 0.369 e. The lowest BCUT2D eigenvalue weighted by Crippen LogP contribution is -2.43. The highest BCUT2D eigenvalue weighted by Gasteiger charge is 2.25. The Kier molecular flexibility index (Phi) is 4.80. The monoisotopic (exact) mass is 409 g/mol. The van der Waals surface area contributed by atoms with Crippen molar-refractivity contribution < 1.29 is 21.6 Å². The molecule has 0 spiro atoms. The topological polar surface area (TPSA) is 54.3 Å². The lowest BCUT2D eigenvalue weighted by Gasteiger charge is -2.29. The van der Waals surface area contributed by atoms with Crippen LogP contribution in [0.4, 0.5) is 18.9 Å². The van der Waals surface area contributed by atoms with Gasteiger partial charge in [0, 0.05) is 49.0 Å². The summed E-state index contributed by atoms with van der Waals surface area (Å²) in [6, 6.07) is 9.17. The minimum atomic E-state index is -4.14. The number of anilines is 1. The first-order valence-corrected chi connectivity index (χ1v) is 10.2. The van der Waals surface area contributed by atoms with Gasteiger partial charge in [-0.05, 0) is 42.5 Å². The number of alkyl halides is 2. The van der Waals surface area contributed by atoms with E-state index in [1.807, 2.05) is 0 Å². The number of hydrogen-bond acceptors (Lipinski definition) is 4. The predicted molar refractivity (Wildman–Crippen MR) is 101 cm³/mol.